The highest BCUT2D eigenvalue weighted by atomic mass is 15.2. The van der Waals surface area contributed by atoms with Crippen LogP contribution in [-0.2, 0) is 6.54 Å². The third-order valence-electron chi connectivity index (χ3n) is 2.98. The molecule has 2 rings (SSSR count). The second-order valence-electron chi connectivity index (χ2n) is 4.61. The summed E-state index contributed by atoms with van der Waals surface area (Å²) in [5.74, 6) is 0. The third-order valence-corrected chi connectivity index (χ3v) is 2.98. The van der Waals surface area contributed by atoms with Crippen molar-refractivity contribution in [3.05, 3.63) is 30.1 Å². The van der Waals surface area contributed by atoms with Crippen LogP contribution in [0.2, 0.25) is 0 Å². The fourth-order valence-electron chi connectivity index (χ4n) is 2.36. The Kier molecular flexibility index (Phi) is 3.03. The third kappa shape index (κ3) is 2.55. The molecule has 0 atom stereocenters. The van der Waals surface area contributed by atoms with Gasteiger partial charge in [-0.25, -0.2) is 0 Å². The van der Waals surface area contributed by atoms with Gasteiger partial charge in [0.15, 0.2) is 0 Å². The minimum atomic E-state index is 0.0851. The molecule has 3 nitrogen and oxygen atoms in total. The molecule has 1 aromatic heterocycles. The summed E-state index contributed by atoms with van der Waals surface area (Å²) in [4.78, 5) is 6.41. The Morgan fingerprint density at radius 1 is 1.40 bits per heavy atom. The van der Waals surface area contributed by atoms with Crippen LogP contribution >= 0.6 is 0 Å². The highest BCUT2D eigenvalue weighted by Gasteiger charge is 2.37. The first-order valence-corrected chi connectivity index (χ1v) is 5.62. The molecule has 0 unspecified atom stereocenters. The van der Waals surface area contributed by atoms with Gasteiger partial charge in [0.1, 0.15) is 0 Å². The molecular weight excluding hydrogens is 186 g/mol. The molecule has 0 amide bonds. The average Bonchev–Trinajstić information content (AvgIpc) is 2.17. The van der Waals surface area contributed by atoms with E-state index in [0.717, 1.165) is 26.1 Å². The van der Waals surface area contributed by atoms with Crippen LogP contribution in [0.1, 0.15) is 25.3 Å². The first kappa shape index (κ1) is 10.6. The van der Waals surface area contributed by atoms with E-state index in [1.165, 1.54) is 12.0 Å². The summed E-state index contributed by atoms with van der Waals surface area (Å²) in [6.45, 7) is 5.26. The summed E-state index contributed by atoms with van der Waals surface area (Å²) in [7, 11) is 0. The topological polar surface area (TPSA) is 42.1 Å². The Hall–Kier alpha value is -0.930. The molecule has 0 aromatic carbocycles. The predicted molar refractivity (Wildman–Crippen MR) is 61.3 cm³/mol. The zero-order valence-corrected chi connectivity index (χ0v) is 9.32. The van der Waals surface area contributed by atoms with E-state index in [1.807, 2.05) is 12.4 Å². The Bertz CT molecular complexity index is 304. The molecule has 0 aliphatic carbocycles. The maximum atomic E-state index is 6.20. The highest BCUT2D eigenvalue weighted by molar-refractivity contribution is 5.11. The first-order chi connectivity index (χ1) is 7.22. The van der Waals surface area contributed by atoms with Gasteiger partial charge in [0.2, 0.25) is 0 Å². The monoisotopic (exact) mass is 205 g/mol. The van der Waals surface area contributed by atoms with Crippen molar-refractivity contribution in [1.29, 1.82) is 0 Å². The number of hydrogen-bond acceptors (Lipinski definition) is 3. The van der Waals surface area contributed by atoms with Crippen molar-refractivity contribution in [2.75, 3.05) is 13.1 Å². The molecule has 15 heavy (non-hydrogen) atoms. The highest BCUT2D eigenvalue weighted by Crippen LogP contribution is 2.24. The van der Waals surface area contributed by atoms with Crippen LogP contribution in [0.4, 0.5) is 0 Å². The molecule has 3 heteroatoms. The Morgan fingerprint density at radius 3 is 2.67 bits per heavy atom. The lowest BCUT2D eigenvalue weighted by Crippen LogP contribution is -2.66. The molecule has 82 valence electrons. The van der Waals surface area contributed by atoms with Gasteiger partial charge in [0.05, 0.1) is 0 Å². The molecular formula is C12H19N3. The van der Waals surface area contributed by atoms with Crippen LogP contribution in [0.5, 0.6) is 0 Å². The van der Waals surface area contributed by atoms with Gasteiger partial charge in [-0.15, -0.1) is 0 Å². The fraction of sp³-hybridized carbons (Fsp3) is 0.583. The molecule has 2 heterocycles. The lowest BCUT2D eigenvalue weighted by molar-refractivity contribution is 0.0567. The number of hydrogen-bond donors (Lipinski definition) is 1. The van der Waals surface area contributed by atoms with Gasteiger partial charge in [-0.05, 0) is 24.1 Å². The van der Waals surface area contributed by atoms with Crippen molar-refractivity contribution < 1.29 is 0 Å². The van der Waals surface area contributed by atoms with Gasteiger partial charge in [0.25, 0.3) is 0 Å². The molecule has 1 aliphatic rings. The van der Waals surface area contributed by atoms with E-state index in [0.29, 0.717) is 0 Å². The van der Waals surface area contributed by atoms with Crippen LogP contribution < -0.4 is 5.73 Å². The van der Waals surface area contributed by atoms with Crippen molar-refractivity contribution in [3.63, 3.8) is 0 Å². The lowest BCUT2D eigenvalue weighted by Gasteiger charge is -2.48. The minimum Gasteiger partial charge on any atom is -0.323 e. The Labute approximate surface area is 91.3 Å². The standard InChI is InChI=1S/C12H19N3/c1-2-5-12(13)9-15(10-12)8-11-3-6-14-7-4-11/h3-4,6-7H,2,5,8-10,13H2,1H3. The molecule has 0 spiro atoms. The molecule has 0 saturated carbocycles. The van der Waals surface area contributed by atoms with Crippen LogP contribution in [0, 0.1) is 0 Å². The Balaban J connectivity index is 1.81. The van der Waals surface area contributed by atoms with E-state index in [4.69, 9.17) is 5.73 Å². The number of rotatable bonds is 4. The minimum absolute atomic E-state index is 0.0851. The van der Waals surface area contributed by atoms with Crippen LogP contribution in [-0.4, -0.2) is 28.5 Å². The van der Waals surface area contributed by atoms with Gasteiger partial charge in [0, 0.05) is 37.6 Å². The summed E-state index contributed by atoms with van der Waals surface area (Å²) in [6.07, 6.45) is 6.01. The molecule has 0 bridgehead atoms. The number of nitrogens with two attached hydrogens (primary N) is 1. The van der Waals surface area contributed by atoms with E-state index in [1.54, 1.807) is 0 Å². The van der Waals surface area contributed by atoms with E-state index in [-0.39, 0.29) is 5.54 Å². The van der Waals surface area contributed by atoms with Crippen LogP contribution in [0.3, 0.4) is 0 Å². The molecule has 1 fully saturated rings. The average molecular weight is 205 g/mol. The predicted octanol–water partition coefficient (Wildman–Crippen LogP) is 1.39. The van der Waals surface area contributed by atoms with E-state index in [2.05, 4.69) is 28.9 Å². The second-order valence-corrected chi connectivity index (χ2v) is 4.61. The lowest BCUT2D eigenvalue weighted by atomic mass is 9.86. The van der Waals surface area contributed by atoms with Crippen molar-refractivity contribution in [1.82, 2.24) is 9.88 Å². The molecule has 1 aliphatic heterocycles. The molecule has 0 radical (unpaired) electrons. The summed E-state index contributed by atoms with van der Waals surface area (Å²) in [5, 5.41) is 0. The normalized spacial score (nSPS) is 19.9. The van der Waals surface area contributed by atoms with Gasteiger partial charge in [-0.3, -0.25) is 9.88 Å². The first-order valence-electron chi connectivity index (χ1n) is 5.62. The van der Waals surface area contributed by atoms with Gasteiger partial charge in [-0.1, -0.05) is 13.3 Å². The number of aromatic nitrogens is 1. The smallest absolute Gasteiger partial charge is 0.0412 e. The Morgan fingerprint density at radius 2 is 2.07 bits per heavy atom. The van der Waals surface area contributed by atoms with Crippen molar-refractivity contribution in [2.24, 2.45) is 5.73 Å². The SMILES string of the molecule is CCCC1(N)CN(Cc2ccncc2)C1. The van der Waals surface area contributed by atoms with Crippen LogP contribution in [0.15, 0.2) is 24.5 Å². The van der Waals surface area contributed by atoms with Gasteiger partial charge in [-0.2, -0.15) is 0 Å². The summed E-state index contributed by atoms with van der Waals surface area (Å²) in [5.41, 5.74) is 7.61. The summed E-state index contributed by atoms with van der Waals surface area (Å²) < 4.78 is 0. The van der Waals surface area contributed by atoms with Crippen LogP contribution in [0.25, 0.3) is 0 Å². The summed E-state index contributed by atoms with van der Waals surface area (Å²) >= 11 is 0. The molecule has 2 N–H and O–H groups in total. The van der Waals surface area contributed by atoms with E-state index >= 15 is 0 Å². The quantitative estimate of drug-likeness (QED) is 0.807. The maximum Gasteiger partial charge on any atom is 0.0412 e. The van der Waals surface area contributed by atoms with Crippen molar-refractivity contribution in [3.8, 4) is 0 Å². The molecule has 1 aromatic rings. The summed E-state index contributed by atoms with van der Waals surface area (Å²) in [6, 6.07) is 4.13. The zero-order valence-electron chi connectivity index (χ0n) is 9.32. The second kappa shape index (κ2) is 4.29. The van der Waals surface area contributed by atoms with E-state index < -0.39 is 0 Å². The largest absolute Gasteiger partial charge is 0.323 e. The zero-order chi connectivity index (χ0) is 10.7. The van der Waals surface area contributed by atoms with Gasteiger partial charge < -0.3 is 5.73 Å². The van der Waals surface area contributed by atoms with E-state index in [9.17, 15) is 0 Å². The number of nitrogens with zero attached hydrogens (tertiary/aromatic N) is 2. The van der Waals surface area contributed by atoms with Crippen molar-refractivity contribution >= 4 is 0 Å². The number of pyridine rings is 1. The fourth-order valence-corrected chi connectivity index (χ4v) is 2.36. The maximum absolute atomic E-state index is 6.20. The van der Waals surface area contributed by atoms with Gasteiger partial charge >= 0.3 is 0 Å². The molecule has 1 saturated heterocycles. The van der Waals surface area contributed by atoms with Crippen molar-refractivity contribution in [2.45, 2.75) is 31.8 Å². The number of likely N-dealkylation sites (tertiary alicyclic amines) is 1.